The Morgan fingerprint density at radius 3 is 2.83 bits per heavy atom. The Bertz CT molecular complexity index is 428. The van der Waals surface area contributed by atoms with Gasteiger partial charge in [-0.2, -0.15) is 0 Å². The van der Waals surface area contributed by atoms with E-state index < -0.39 is 6.10 Å². The topological polar surface area (TPSA) is 47.9 Å². The van der Waals surface area contributed by atoms with Crippen molar-refractivity contribution >= 4 is 0 Å². The molecule has 0 bridgehead atoms. The lowest BCUT2D eigenvalue weighted by Gasteiger charge is -2.36. The number of benzene rings is 1. The first kappa shape index (κ1) is 12.0. The molecule has 1 heterocycles. The lowest BCUT2D eigenvalue weighted by molar-refractivity contribution is -0.179. The first-order valence-electron chi connectivity index (χ1n) is 6.36. The zero-order valence-corrected chi connectivity index (χ0v) is 10.5. The van der Waals surface area contributed by atoms with Gasteiger partial charge in [-0.25, -0.2) is 0 Å². The average Bonchev–Trinajstić information content (AvgIpc) is 2.35. The van der Waals surface area contributed by atoms with Gasteiger partial charge in [0.25, 0.3) is 0 Å². The number of aliphatic hydroxyl groups is 1. The molecule has 1 aromatic carbocycles. The van der Waals surface area contributed by atoms with E-state index in [-0.39, 0.29) is 12.2 Å². The van der Waals surface area contributed by atoms with E-state index in [0.29, 0.717) is 13.2 Å². The lowest BCUT2D eigenvalue weighted by atomic mass is 9.87. The molecule has 0 aromatic heterocycles. The van der Waals surface area contributed by atoms with Gasteiger partial charge in [0.05, 0.1) is 26.4 Å². The second-order valence-electron chi connectivity index (χ2n) is 4.88. The van der Waals surface area contributed by atoms with Gasteiger partial charge in [-0.15, -0.1) is 0 Å². The molecule has 2 atom stereocenters. The van der Waals surface area contributed by atoms with E-state index in [1.54, 1.807) is 7.11 Å². The Labute approximate surface area is 106 Å². The molecule has 1 saturated heterocycles. The van der Waals surface area contributed by atoms with Crippen molar-refractivity contribution in [3.8, 4) is 5.75 Å². The van der Waals surface area contributed by atoms with Crippen LogP contribution in [-0.4, -0.2) is 37.6 Å². The SMILES string of the molecule is COc1ccc2c(c1)CCC(OC1COC1)C2O. The van der Waals surface area contributed by atoms with E-state index in [1.165, 1.54) is 0 Å². The minimum absolute atomic E-state index is 0.111. The Morgan fingerprint density at radius 2 is 2.17 bits per heavy atom. The van der Waals surface area contributed by atoms with Crippen molar-refractivity contribution < 1.29 is 19.3 Å². The molecule has 0 spiro atoms. The fourth-order valence-electron chi connectivity index (χ4n) is 2.55. The lowest BCUT2D eigenvalue weighted by Crippen LogP contribution is -2.42. The van der Waals surface area contributed by atoms with Crippen molar-refractivity contribution in [1.82, 2.24) is 0 Å². The highest BCUT2D eigenvalue weighted by Gasteiger charge is 2.32. The third-order valence-corrected chi connectivity index (χ3v) is 3.69. The first-order valence-corrected chi connectivity index (χ1v) is 6.36. The normalized spacial score (nSPS) is 27.4. The highest BCUT2D eigenvalue weighted by atomic mass is 16.6. The molecule has 1 N–H and O–H groups in total. The highest BCUT2D eigenvalue weighted by Crippen LogP contribution is 2.34. The fourth-order valence-corrected chi connectivity index (χ4v) is 2.55. The minimum Gasteiger partial charge on any atom is -0.497 e. The third-order valence-electron chi connectivity index (χ3n) is 3.69. The molecule has 3 rings (SSSR count). The molecular weight excluding hydrogens is 232 g/mol. The zero-order chi connectivity index (χ0) is 12.5. The summed E-state index contributed by atoms with van der Waals surface area (Å²) in [5, 5.41) is 10.3. The molecule has 0 radical (unpaired) electrons. The van der Waals surface area contributed by atoms with Crippen molar-refractivity contribution in [1.29, 1.82) is 0 Å². The predicted octanol–water partition coefficient (Wildman–Crippen LogP) is 1.46. The number of rotatable bonds is 3. The van der Waals surface area contributed by atoms with Gasteiger partial charge >= 0.3 is 0 Å². The molecule has 4 heteroatoms. The maximum absolute atomic E-state index is 10.3. The van der Waals surface area contributed by atoms with Gasteiger partial charge in [0.2, 0.25) is 0 Å². The number of hydrogen-bond acceptors (Lipinski definition) is 4. The van der Waals surface area contributed by atoms with Crippen molar-refractivity contribution in [2.75, 3.05) is 20.3 Å². The standard InChI is InChI=1S/C14H18O4/c1-16-10-3-4-12-9(6-10)2-5-13(14(12)15)18-11-7-17-8-11/h3-4,6,11,13-15H,2,5,7-8H2,1H3. The molecule has 1 fully saturated rings. The molecule has 18 heavy (non-hydrogen) atoms. The van der Waals surface area contributed by atoms with E-state index in [4.69, 9.17) is 14.2 Å². The van der Waals surface area contributed by atoms with E-state index >= 15 is 0 Å². The summed E-state index contributed by atoms with van der Waals surface area (Å²) < 4.78 is 16.1. The van der Waals surface area contributed by atoms with Gasteiger partial charge in [-0.05, 0) is 36.1 Å². The van der Waals surface area contributed by atoms with Crippen LogP contribution in [-0.2, 0) is 15.9 Å². The van der Waals surface area contributed by atoms with Crippen molar-refractivity contribution in [3.63, 3.8) is 0 Å². The van der Waals surface area contributed by atoms with Gasteiger partial charge in [-0.3, -0.25) is 0 Å². The summed E-state index contributed by atoms with van der Waals surface area (Å²) in [7, 11) is 1.66. The summed E-state index contributed by atoms with van der Waals surface area (Å²) in [4.78, 5) is 0. The van der Waals surface area contributed by atoms with E-state index in [1.807, 2.05) is 18.2 Å². The third kappa shape index (κ3) is 2.11. The summed E-state index contributed by atoms with van der Waals surface area (Å²) >= 11 is 0. The van der Waals surface area contributed by atoms with Crippen LogP contribution in [0.15, 0.2) is 18.2 Å². The van der Waals surface area contributed by atoms with Crippen molar-refractivity contribution in [2.24, 2.45) is 0 Å². The summed E-state index contributed by atoms with van der Waals surface area (Å²) in [6, 6.07) is 5.82. The van der Waals surface area contributed by atoms with E-state index in [0.717, 1.165) is 29.7 Å². The molecule has 0 saturated carbocycles. The minimum atomic E-state index is -0.541. The van der Waals surface area contributed by atoms with Crippen molar-refractivity contribution in [3.05, 3.63) is 29.3 Å². The second kappa shape index (κ2) is 4.88. The van der Waals surface area contributed by atoms with Crippen LogP contribution in [0.1, 0.15) is 23.7 Å². The highest BCUT2D eigenvalue weighted by molar-refractivity contribution is 5.39. The molecular formula is C14H18O4. The van der Waals surface area contributed by atoms with Gasteiger partial charge < -0.3 is 19.3 Å². The largest absolute Gasteiger partial charge is 0.497 e. The molecule has 2 aliphatic rings. The molecule has 2 unspecified atom stereocenters. The van der Waals surface area contributed by atoms with Crippen LogP contribution in [0.5, 0.6) is 5.75 Å². The van der Waals surface area contributed by atoms with Gasteiger partial charge in [0.1, 0.15) is 18.0 Å². The predicted molar refractivity (Wildman–Crippen MR) is 65.8 cm³/mol. The maximum atomic E-state index is 10.3. The van der Waals surface area contributed by atoms with Gasteiger partial charge in [0.15, 0.2) is 0 Å². The van der Waals surface area contributed by atoms with Gasteiger partial charge in [0, 0.05) is 0 Å². The Hall–Kier alpha value is -1.10. The van der Waals surface area contributed by atoms with Crippen molar-refractivity contribution in [2.45, 2.75) is 31.2 Å². The number of ether oxygens (including phenoxy) is 3. The van der Waals surface area contributed by atoms with Crippen LogP contribution in [0.4, 0.5) is 0 Å². The van der Waals surface area contributed by atoms with Crippen LogP contribution in [0.2, 0.25) is 0 Å². The number of aliphatic hydroxyl groups excluding tert-OH is 1. The van der Waals surface area contributed by atoms with E-state index in [9.17, 15) is 5.11 Å². The summed E-state index contributed by atoms with van der Waals surface area (Å²) in [6.07, 6.45) is 1.27. The maximum Gasteiger partial charge on any atom is 0.119 e. The smallest absolute Gasteiger partial charge is 0.119 e. The molecule has 4 nitrogen and oxygen atoms in total. The Balaban J connectivity index is 1.76. The number of aryl methyl sites for hydroxylation is 1. The van der Waals surface area contributed by atoms with E-state index in [2.05, 4.69) is 0 Å². The second-order valence-corrected chi connectivity index (χ2v) is 4.88. The number of hydrogen-bond donors (Lipinski definition) is 1. The quantitative estimate of drug-likeness (QED) is 0.882. The summed E-state index contributed by atoms with van der Waals surface area (Å²) in [6.45, 7) is 1.30. The molecule has 98 valence electrons. The van der Waals surface area contributed by atoms with Crippen LogP contribution in [0.3, 0.4) is 0 Å². The fraction of sp³-hybridized carbons (Fsp3) is 0.571. The monoisotopic (exact) mass is 250 g/mol. The van der Waals surface area contributed by atoms with Crippen LogP contribution >= 0.6 is 0 Å². The number of fused-ring (bicyclic) bond motifs is 1. The van der Waals surface area contributed by atoms with Crippen LogP contribution < -0.4 is 4.74 Å². The average molecular weight is 250 g/mol. The molecule has 1 aromatic rings. The number of methoxy groups -OCH3 is 1. The zero-order valence-electron chi connectivity index (χ0n) is 10.5. The van der Waals surface area contributed by atoms with Gasteiger partial charge in [-0.1, -0.05) is 6.07 Å². The first-order chi connectivity index (χ1) is 8.78. The molecule has 1 aliphatic carbocycles. The summed E-state index contributed by atoms with van der Waals surface area (Å²) in [5.74, 6) is 0.840. The Kier molecular flexibility index (Phi) is 3.24. The molecule has 1 aliphatic heterocycles. The van der Waals surface area contributed by atoms with Crippen LogP contribution in [0, 0.1) is 0 Å². The summed E-state index contributed by atoms with van der Waals surface area (Å²) in [5.41, 5.74) is 2.12. The Morgan fingerprint density at radius 1 is 1.33 bits per heavy atom. The van der Waals surface area contributed by atoms with Crippen LogP contribution in [0.25, 0.3) is 0 Å². The molecule has 0 amide bonds.